The minimum absolute atomic E-state index is 0.0257. The average Bonchev–Trinajstić information content (AvgIpc) is 3.31. The van der Waals surface area contributed by atoms with Crippen LogP contribution in [0.15, 0.2) is 95.4 Å². The largest absolute Gasteiger partial charge is 0.456 e. The van der Waals surface area contributed by atoms with Crippen LogP contribution in [0.25, 0.3) is 44.5 Å². The van der Waals surface area contributed by atoms with E-state index in [4.69, 9.17) is 16.0 Å². The van der Waals surface area contributed by atoms with E-state index in [1.54, 1.807) is 0 Å². The zero-order valence-electron chi connectivity index (χ0n) is 17.4. The summed E-state index contributed by atoms with van der Waals surface area (Å²) < 4.78 is 6.09. The van der Waals surface area contributed by atoms with Gasteiger partial charge in [-0.2, -0.15) is 0 Å². The van der Waals surface area contributed by atoms with Gasteiger partial charge in [-0.25, -0.2) is 0 Å². The Bertz CT molecular complexity index is 1440. The van der Waals surface area contributed by atoms with Crippen molar-refractivity contribution >= 4 is 22.6 Å². The minimum atomic E-state index is -0.0257. The van der Waals surface area contributed by atoms with Gasteiger partial charge in [0.2, 0.25) is 0 Å². The number of furan rings is 1. The molecular formula is C29H21ClO. The van der Waals surface area contributed by atoms with Gasteiger partial charge < -0.3 is 4.42 Å². The van der Waals surface area contributed by atoms with Crippen molar-refractivity contribution in [3.05, 3.63) is 107 Å². The molecule has 1 aromatic heterocycles. The smallest absolute Gasteiger partial charge is 0.135 e. The first-order valence-corrected chi connectivity index (χ1v) is 10.9. The second kappa shape index (κ2) is 6.60. The van der Waals surface area contributed by atoms with Gasteiger partial charge in [0.15, 0.2) is 0 Å². The van der Waals surface area contributed by atoms with E-state index in [1.807, 2.05) is 30.3 Å². The highest BCUT2D eigenvalue weighted by Crippen LogP contribution is 2.49. The normalized spacial score (nSPS) is 13.9. The molecule has 0 aliphatic heterocycles. The summed E-state index contributed by atoms with van der Waals surface area (Å²) in [6, 6.07) is 31.8. The van der Waals surface area contributed by atoms with Crippen LogP contribution in [0, 0.1) is 0 Å². The number of rotatable bonds is 2. The third kappa shape index (κ3) is 2.85. The monoisotopic (exact) mass is 420 g/mol. The lowest BCUT2D eigenvalue weighted by atomic mass is 9.81. The highest BCUT2D eigenvalue weighted by atomic mass is 35.5. The molecule has 5 aromatic rings. The fourth-order valence-corrected chi connectivity index (χ4v) is 5.14. The zero-order chi connectivity index (χ0) is 21.2. The van der Waals surface area contributed by atoms with Crippen molar-refractivity contribution in [3.8, 4) is 33.6 Å². The maximum Gasteiger partial charge on any atom is 0.135 e. The lowest BCUT2D eigenvalue weighted by Gasteiger charge is -2.22. The van der Waals surface area contributed by atoms with E-state index < -0.39 is 0 Å². The molecule has 31 heavy (non-hydrogen) atoms. The molecule has 0 fully saturated rings. The Morgan fingerprint density at radius 3 is 2.26 bits per heavy atom. The Morgan fingerprint density at radius 2 is 1.39 bits per heavy atom. The Balaban J connectivity index is 1.48. The summed E-state index contributed by atoms with van der Waals surface area (Å²) in [5.41, 5.74) is 9.51. The molecule has 0 amide bonds. The van der Waals surface area contributed by atoms with Crippen molar-refractivity contribution in [3.63, 3.8) is 0 Å². The molecule has 1 aliphatic rings. The van der Waals surface area contributed by atoms with Crippen molar-refractivity contribution in [1.29, 1.82) is 0 Å². The second-order valence-electron chi connectivity index (χ2n) is 8.81. The van der Waals surface area contributed by atoms with Crippen molar-refractivity contribution in [2.24, 2.45) is 0 Å². The maximum absolute atomic E-state index is 6.55. The summed E-state index contributed by atoms with van der Waals surface area (Å²) in [7, 11) is 0. The molecule has 0 saturated carbocycles. The van der Waals surface area contributed by atoms with Gasteiger partial charge in [0.1, 0.15) is 11.3 Å². The molecule has 0 saturated heterocycles. The predicted molar refractivity (Wildman–Crippen MR) is 130 cm³/mol. The summed E-state index contributed by atoms with van der Waals surface area (Å²) in [5, 5.41) is 1.80. The molecule has 0 spiro atoms. The van der Waals surface area contributed by atoms with Gasteiger partial charge in [-0.15, -0.1) is 0 Å². The van der Waals surface area contributed by atoms with Crippen LogP contribution in [0.3, 0.4) is 0 Å². The fourth-order valence-electron chi connectivity index (χ4n) is 4.91. The van der Waals surface area contributed by atoms with Crippen LogP contribution in [0.4, 0.5) is 0 Å². The second-order valence-corrected chi connectivity index (χ2v) is 9.24. The Hall–Kier alpha value is -3.29. The van der Waals surface area contributed by atoms with Gasteiger partial charge in [0.05, 0.1) is 0 Å². The van der Waals surface area contributed by atoms with Crippen molar-refractivity contribution in [2.75, 3.05) is 0 Å². The molecule has 0 unspecified atom stereocenters. The first-order valence-electron chi connectivity index (χ1n) is 10.5. The number of fused-ring (bicyclic) bond motifs is 4. The Morgan fingerprint density at radius 1 is 0.645 bits per heavy atom. The first kappa shape index (κ1) is 18.5. The van der Waals surface area contributed by atoms with E-state index >= 15 is 0 Å². The zero-order valence-corrected chi connectivity index (χ0v) is 18.2. The van der Waals surface area contributed by atoms with Gasteiger partial charge in [0.25, 0.3) is 0 Å². The quantitative estimate of drug-likeness (QED) is 0.278. The van der Waals surface area contributed by atoms with E-state index in [1.165, 1.54) is 27.8 Å². The third-order valence-corrected chi connectivity index (χ3v) is 6.74. The van der Waals surface area contributed by atoms with E-state index in [-0.39, 0.29) is 5.41 Å². The van der Waals surface area contributed by atoms with Gasteiger partial charge >= 0.3 is 0 Å². The number of hydrogen-bond acceptors (Lipinski definition) is 1. The Kier molecular flexibility index (Phi) is 3.94. The van der Waals surface area contributed by atoms with Crippen LogP contribution >= 0.6 is 11.6 Å². The number of hydrogen-bond donors (Lipinski definition) is 0. The van der Waals surface area contributed by atoms with Crippen LogP contribution in [0.5, 0.6) is 0 Å². The van der Waals surface area contributed by atoms with Crippen LogP contribution in [-0.2, 0) is 5.41 Å². The molecule has 6 rings (SSSR count). The Labute approximate surface area is 186 Å². The van der Waals surface area contributed by atoms with Crippen molar-refractivity contribution in [2.45, 2.75) is 19.3 Å². The minimum Gasteiger partial charge on any atom is -0.456 e. The molecule has 0 N–H and O–H groups in total. The summed E-state index contributed by atoms with van der Waals surface area (Å²) in [6.45, 7) is 4.61. The lowest BCUT2D eigenvalue weighted by Crippen LogP contribution is -2.14. The fraction of sp³-hybridized carbons (Fsp3) is 0.103. The molecule has 2 heteroatoms. The molecule has 1 nitrogen and oxygen atoms in total. The molecular weight excluding hydrogens is 400 g/mol. The van der Waals surface area contributed by atoms with Crippen LogP contribution in [0.2, 0.25) is 5.02 Å². The molecule has 0 bridgehead atoms. The molecule has 4 aromatic carbocycles. The van der Waals surface area contributed by atoms with Crippen LogP contribution in [0.1, 0.15) is 25.0 Å². The maximum atomic E-state index is 6.55. The van der Waals surface area contributed by atoms with Crippen molar-refractivity contribution < 1.29 is 4.42 Å². The average molecular weight is 421 g/mol. The van der Waals surface area contributed by atoms with E-state index in [2.05, 4.69) is 74.5 Å². The van der Waals surface area contributed by atoms with Crippen molar-refractivity contribution in [1.82, 2.24) is 0 Å². The first-order chi connectivity index (χ1) is 15.0. The van der Waals surface area contributed by atoms with Gasteiger partial charge in [-0.1, -0.05) is 80.0 Å². The number of halogens is 1. The van der Waals surface area contributed by atoms with E-state index in [0.29, 0.717) is 5.02 Å². The molecule has 150 valence electrons. The van der Waals surface area contributed by atoms with E-state index in [9.17, 15) is 0 Å². The highest BCUT2D eigenvalue weighted by molar-refractivity contribution is 6.31. The van der Waals surface area contributed by atoms with Gasteiger partial charge in [0, 0.05) is 21.4 Å². The summed E-state index contributed by atoms with van der Waals surface area (Å²) in [4.78, 5) is 0. The standard InChI is InChI=1S/C29H21ClO/c1-29(2)25-9-5-4-8-23(25)24-12-11-18(16-26(24)29)20-13-21(15-22(30)14-20)28-17-19-7-3-6-10-27(19)31-28/h3-17H,1-2H3. The summed E-state index contributed by atoms with van der Waals surface area (Å²) in [5.74, 6) is 0.832. The highest BCUT2D eigenvalue weighted by Gasteiger charge is 2.35. The number of benzene rings is 4. The molecule has 0 radical (unpaired) electrons. The molecule has 1 heterocycles. The van der Waals surface area contributed by atoms with Crippen LogP contribution in [-0.4, -0.2) is 0 Å². The van der Waals surface area contributed by atoms with Crippen LogP contribution < -0.4 is 0 Å². The van der Waals surface area contributed by atoms with E-state index in [0.717, 1.165) is 27.9 Å². The molecule has 0 atom stereocenters. The predicted octanol–water partition coefficient (Wildman–Crippen LogP) is 8.73. The number of para-hydroxylation sites is 1. The summed E-state index contributed by atoms with van der Waals surface area (Å²) in [6.07, 6.45) is 0. The molecule has 1 aliphatic carbocycles. The van der Waals surface area contributed by atoms with Gasteiger partial charge in [-0.3, -0.25) is 0 Å². The lowest BCUT2D eigenvalue weighted by molar-refractivity contribution is 0.631. The summed E-state index contributed by atoms with van der Waals surface area (Å²) >= 11 is 6.55. The topological polar surface area (TPSA) is 13.1 Å². The third-order valence-electron chi connectivity index (χ3n) is 6.52. The van der Waals surface area contributed by atoms with Gasteiger partial charge in [-0.05, 0) is 69.8 Å². The SMILES string of the molecule is CC1(C)c2ccccc2-c2ccc(-c3cc(Cl)cc(-c4cc5ccccc5o4)c3)cc21.